The van der Waals surface area contributed by atoms with Crippen molar-refractivity contribution in [3.8, 4) is 11.5 Å². The monoisotopic (exact) mass is 330 g/mol. The minimum Gasteiger partial charge on any atom is -0.508 e. The standard InChI is InChI=1S/C18H22N2O4/c1-19-6-8-20(9-7-19)18(23)12-24-14-3-4-15-13(10-14)2-5-17(22)16(15)11-21/h2-5,10,21-22H,6-9,11-12H2,1H3. The number of piperazine rings is 1. The number of phenols is 1. The molecular weight excluding hydrogens is 308 g/mol. The Hall–Kier alpha value is -2.31. The van der Waals surface area contributed by atoms with Crippen molar-refractivity contribution in [1.82, 2.24) is 9.80 Å². The Morgan fingerprint density at radius 1 is 1.17 bits per heavy atom. The summed E-state index contributed by atoms with van der Waals surface area (Å²) in [6, 6.07) is 8.66. The molecule has 2 aromatic carbocycles. The average Bonchev–Trinajstić information content (AvgIpc) is 2.60. The number of fused-ring (bicyclic) bond motifs is 1. The normalized spacial score (nSPS) is 15.7. The Morgan fingerprint density at radius 3 is 2.62 bits per heavy atom. The molecule has 3 rings (SSSR count). The predicted molar refractivity (Wildman–Crippen MR) is 91.1 cm³/mol. The third-order valence-electron chi connectivity index (χ3n) is 4.45. The Kier molecular flexibility index (Phi) is 4.87. The minimum absolute atomic E-state index is 0.00931. The predicted octanol–water partition coefficient (Wildman–Crippen LogP) is 1.19. The van der Waals surface area contributed by atoms with Crippen LogP contribution in [-0.4, -0.2) is 65.8 Å². The highest BCUT2D eigenvalue weighted by Crippen LogP contribution is 2.29. The van der Waals surface area contributed by atoms with Crippen molar-refractivity contribution in [1.29, 1.82) is 0 Å². The zero-order valence-corrected chi connectivity index (χ0v) is 13.7. The van der Waals surface area contributed by atoms with Crippen LogP contribution in [-0.2, 0) is 11.4 Å². The highest BCUT2D eigenvalue weighted by Gasteiger charge is 2.19. The number of aliphatic hydroxyl groups excluding tert-OH is 1. The van der Waals surface area contributed by atoms with E-state index in [2.05, 4.69) is 4.90 Å². The molecule has 0 aliphatic carbocycles. The quantitative estimate of drug-likeness (QED) is 0.881. The number of likely N-dealkylation sites (N-methyl/N-ethyl adjacent to an activating group) is 1. The Balaban J connectivity index is 1.67. The van der Waals surface area contributed by atoms with Crippen LogP contribution in [0.25, 0.3) is 10.8 Å². The topological polar surface area (TPSA) is 73.2 Å². The van der Waals surface area contributed by atoms with Crippen molar-refractivity contribution >= 4 is 16.7 Å². The van der Waals surface area contributed by atoms with E-state index >= 15 is 0 Å². The fourth-order valence-electron chi connectivity index (χ4n) is 2.91. The molecular formula is C18H22N2O4. The summed E-state index contributed by atoms with van der Waals surface area (Å²) >= 11 is 0. The van der Waals surface area contributed by atoms with E-state index in [0.717, 1.165) is 37.0 Å². The molecule has 0 bridgehead atoms. The number of aliphatic hydroxyl groups is 1. The zero-order valence-electron chi connectivity index (χ0n) is 13.7. The maximum Gasteiger partial charge on any atom is 0.260 e. The fourth-order valence-corrected chi connectivity index (χ4v) is 2.91. The van der Waals surface area contributed by atoms with Crippen LogP contribution in [0.1, 0.15) is 5.56 Å². The Bertz CT molecular complexity index is 739. The molecule has 0 atom stereocenters. The molecule has 0 radical (unpaired) electrons. The lowest BCUT2D eigenvalue weighted by molar-refractivity contribution is -0.134. The number of hydrogen-bond acceptors (Lipinski definition) is 5. The van der Waals surface area contributed by atoms with Crippen LogP contribution in [0, 0.1) is 0 Å². The van der Waals surface area contributed by atoms with Gasteiger partial charge in [-0.3, -0.25) is 4.79 Å². The summed E-state index contributed by atoms with van der Waals surface area (Å²) in [5.74, 6) is 0.661. The molecule has 128 valence electrons. The molecule has 24 heavy (non-hydrogen) atoms. The van der Waals surface area contributed by atoms with Crippen molar-refractivity contribution in [2.45, 2.75) is 6.61 Å². The van der Waals surface area contributed by atoms with Gasteiger partial charge in [0.2, 0.25) is 0 Å². The van der Waals surface area contributed by atoms with Crippen molar-refractivity contribution in [3.05, 3.63) is 35.9 Å². The van der Waals surface area contributed by atoms with Crippen LogP contribution in [0.4, 0.5) is 0 Å². The number of rotatable bonds is 4. The summed E-state index contributed by atoms with van der Waals surface area (Å²) in [4.78, 5) is 16.2. The van der Waals surface area contributed by atoms with Gasteiger partial charge in [-0.2, -0.15) is 0 Å². The van der Waals surface area contributed by atoms with Crippen molar-refractivity contribution < 1.29 is 19.7 Å². The van der Waals surface area contributed by atoms with Crippen LogP contribution in [0.5, 0.6) is 11.5 Å². The third kappa shape index (κ3) is 3.44. The minimum atomic E-state index is -0.231. The lowest BCUT2D eigenvalue weighted by Gasteiger charge is -2.32. The maximum absolute atomic E-state index is 12.2. The number of hydrogen-bond donors (Lipinski definition) is 2. The van der Waals surface area contributed by atoms with E-state index in [1.807, 2.05) is 18.0 Å². The van der Waals surface area contributed by atoms with Gasteiger partial charge in [0.25, 0.3) is 5.91 Å². The molecule has 0 aromatic heterocycles. The SMILES string of the molecule is CN1CCN(C(=O)COc2ccc3c(CO)c(O)ccc3c2)CC1. The summed E-state index contributed by atoms with van der Waals surface area (Å²) in [7, 11) is 2.05. The molecule has 0 unspecified atom stereocenters. The molecule has 6 nitrogen and oxygen atoms in total. The fraction of sp³-hybridized carbons (Fsp3) is 0.389. The van der Waals surface area contributed by atoms with Crippen LogP contribution < -0.4 is 4.74 Å². The van der Waals surface area contributed by atoms with Crippen molar-refractivity contribution in [2.75, 3.05) is 39.8 Å². The van der Waals surface area contributed by atoms with Gasteiger partial charge in [-0.05, 0) is 36.0 Å². The van der Waals surface area contributed by atoms with Gasteiger partial charge in [-0.15, -0.1) is 0 Å². The van der Waals surface area contributed by atoms with Crippen LogP contribution >= 0.6 is 0 Å². The molecule has 0 saturated carbocycles. The summed E-state index contributed by atoms with van der Waals surface area (Å²) in [6.07, 6.45) is 0. The van der Waals surface area contributed by atoms with Crippen LogP contribution in [0.2, 0.25) is 0 Å². The Morgan fingerprint density at radius 2 is 1.92 bits per heavy atom. The second kappa shape index (κ2) is 7.07. The third-order valence-corrected chi connectivity index (χ3v) is 4.45. The molecule has 1 amide bonds. The maximum atomic E-state index is 12.2. The van der Waals surface area contributed by atoms with Gasteiger partial charge in [-0.1, -0.05) is 12.1 Å². The molecule has 0 spiro atoms. The van der Waals surface area contributed by atoms with Gasteiger partial charge < -0.3 is 24.7 Å². The van der Waals surface area contributed by atoms with Crippen LogP contribution in [0.15, 0.2) is 30.3 Å². The van der Waals surface area contributed by atoms with Crippen molar-refractivity contribution in [3.63, 3.8) is 0 Å². The molecule has 1 aliphatic rings. The van der Waals surface area contributed by atoms with E-state index in [9.17, 15) is 15.0 Å². The number of aromatic hydroxyl groups is 1. The lowest BCUT2D eigenvalue weighted by atomic mass is 10.0. The zero-order chi connectivity index (χ0) is 17.1. The van der Waals surface area contributed by atoms with Gasteiger partial charge in [0, 0.05) is 31.7 Å². The van der Waals surface area contributed by atoms with Gasteiger partial charge in [0.05, 0.1) is 6.61 Å². The molecule has 1 saturated heterocycles. The average molecular weight is 330 g/mol. The van der Waals surface area contributed by atoms with E-state index in [0.29, 0.717) is 11.3 Å². The summed E-state index contributed by atoms with van der Waals surface area (Å²) in [6.45, 7) is 3.01. The molecule has 2 aromatic rings. The summed E-state index contributed by atoms with van der Waals surface area (Å²) in [5, 5.41) is 20.8. The number of ether oxygens (including phenoxy) is 1. The molecule has 1 heterocycles. The van der Waals surface area contributed by atoms with Crippen LogP contribution in [0.3, 0.4) is 0 Å². The first-order chi connectivity index (χ1) is 11.6. The number of benzene rings is 2. The number of carbonyl (C=O) groups excluding carboxylic acids is 1. The first-order valence-corrected chi connectivity index (χ1v) is 8.03. The highest BCUT2D eigenvalue weighted by molar-refractivity contribution is 5.89. The highest BCUT2D eigenvalue weighted by atomic mass is 16.5. The summed E-state index contributed by atoms with van der Waals surface area (Å²) in [5.41, 5.74) is 0.493. The van der Waals surface area contributed by atoms with E-state index in [1.165, 1.54) is 0 Å². The first-order valence-electron chi connectivity index (χ1n) is 8.03. The smallest absolute Gasteiger partial charge is 0.260 e. The van der Waals surface area contributed by atoms with Gasteiger partial charge in [0.15, 0.2) is 6.61 Å². The Labute approximate surface area is 140 Å². The summed E-state index contributed by atoms with van der Waals surface area (Å²) < 4.78 is 5.63. The second-order valence-corrected chi connectivity index (χ2v) is 6.08. The van der Waals surface area contributed by atoms with Crippen molar-refractivity contribution in [2.24, 2.45) is 0 Å². The molecule has 1 fully saturated rings. The molecule has 6 heteroatoms. The van der Waals surface area contributed by atoms with E-state index in [4.69, 9.17) is 4.74 Å². The van der Waals surface area contributed by atoms with Gasteiger partial charge in [-0.25, -0.2) is 0 Å². The van der Waals surface area contributed by atoms with Gasteiger partial charge >= 0.3 is 0 Å². The van der Waals surface area contributed by atoms with Gasteiger partial charge in [0.1, 0.15) is 11.5 Å². The number of amides is 1. The lowest BCUT2D eigenvalue weighted by Crippen LogP contribution is -2.48. The van der Waals surface area contributed by atoms with E-state index < -0.39 is 0 Å². The number of carbonyl (C=O) groups is 1. The van der Waals surface area contributed by atoms with E-state index in [1.54, 1.807) is 24.3 Å². The van der Waals surface area contributed by atoms with E-state index in [-0.39, 0.29) is 24.9 Å². The number of nitrogens with zero attached hydrogens (tertiary/aromatic N) is 2. The largest absolute Gasteiger partial charge is 0.508 e. The first kappa shape index (κ1) is 16.5. The second-order valence-electron chi connectivity index (χ2n) is 6.08. The molecule has 2 N–H and O–H groups in total. The molecule has 1 aliphatic heterocycles.